The van der Waals surface area contributed by atoms with Gasteiger partial charge in [-0.2, -0.15) is 4.98 Å². The van der Waals surface area contributed by atoms with Crippen molar-refractivity contribution in [1.82, 2.24) is 14.5 Å². The predicted octanol–water partition coefficient (Wildman–Crippen LogP) is 6.14. The molecule has 7 nitrogen and oxygen atoms in total. The molecule has 0 radical (unpaired) electrons. The topological polar surface area (TPSA) is 97.1 Å². The van der Waals surface area contributed by atoms with Gasteiger partial charge in [-0.3, -0.25) is 0 Å². The van der Waals surface area contributed by atoms with Gasteiger partial charge < -0.3 is 15.0 Å². The highest BCUT2D eigenvalue weighted by Gasteiger charge is 2.40. The summed E-state index contributed by atoms with van der Waals surface area (Å²) >= 11 is 0. The Labute approximate surface area is 222 Å². The number of fused-ring (bicyclic) bond motifs is 1. The molecule has 2 aliphatic rings. The van der Waals surface area contributed by atoms with E-state index in [4.69, 9.17) is 4.98 Å². The molecule has 1 aromatic carbocycles. The summed E-state index contributed by atoms with van der Waals surface area (Å²) in [6.07, 6.45) is 8.07. The number of anilines is 1. The lowest BCUT2D eigenvalue weighted by Gasteiger charge is -2.28. The van der Waals surface area contributed by atoms with Gasteiger partial charge in [0.1, 0.15) is 5.65 Å². The molecule has 0 unspecified atom stereocenters. The summed E-state index contributed by atoms with van der Waals surface area (Å²) in [5.74, 6) is -2.19. The predicted molar refractivity (Wildman–Crippen MR) is 144 cm³/mol. The van der Waals surface area contributed by atoms with Crippen molar-refractivity contribution in [3.63, 3.8) is 0 Å². The molecular weight excluding hydrogens is 510 g/mol. The number of hydrogen-bond donors (Lipinski definition) is 2. The Kier molecular flexibility index (Phi) is 7.73. The maximum Gasteiger partial charge on any atom is 0.248 e. The number of aliphatic hydroxyl groups is 1. The molecule has 2 fully saturated rings. The number of unbranched alkanes of at least 4 members (excludes halogenated alkanes) is 1. The molecule has 3 aromatic rings. The number of halogens is 2. The zero-order valence-corrected chi connectivity index (χ0v) is 22.6. The Balaban J connectivity index is 1.46. The van der Waals surface area contributed by atoms with Crippen LogP contribution in [0, 0.1) is 0 Å². The fourth-order valence-electron chi connectivity index (χ4n) is 5.68. The van der Waals surface area contributed by atoms with Crippen LogP contribution in [-0.4, -0.2) is 51.9 Å². The minimum atomic E-state index is -3.68. The zero-order valence-electron chi connectivity index (χ0n) is 21.7. The number of benzene rings is 1. The first kappa shape index (κ1) is 27.0. The Morgan fingerprint density at radius 2 is 1.76 bits per heavy atom. The quantitative estimate of drug-likeness (QED) is 0.330. The van der Waals surface area contributed by atoms with Crippen LogP contribution in [0.3, 0.4) is 0 Å². The summed E-state index contributed by atoms with van der Waals surface area (Å²) in [5, 5.41) is 13.4. The van der Waals surface area contributed by atoms with Gasteiger partial charge in [-0.15, -0.1) is 0 Å². The van der Waals surface area contributed by atoms with E-state index in [2.05, 4.69) is 28.0 Å². The third-order valence-electron chi connectivity index (χ3n) is 8.04. The molecule has 0 amide bonds. The Hall–Kier alpha value is -2.59. The monoisotopic (exact) mass is 546 g/mol. The number of alkyl halides is 2. The van der Waals surface area contributed by atoms with Crippen molar-refractivity contribution in [1.29, 1.82) is 0 Å². The van der Waals surface area contributed by atoms with E-state index in [0.717, 1.165) is 67.2 Å². The Morgan fingerprint density at radius 1 is 1.08 bits per heavy atom. The van der Waals surface area contributed by atoms with Gasteiger partial charge in [0.25, 0.3) is 0 Å². The molecule has 2 aromatic heterocycles. The highest BCUT2D eigenvalue weighted by atomic mass is 32.2. The largest absolute Gasteiger partial charge is 0.393 e. The first-order valence-corrected chi connectivity index (χ1v) is 15.2. The van der Waals surface area contributed by atoms with E-state index in [9.17, 15) is 22.3 Å². The Bertz CT molecular complexity index is 1360. The van der Waals surface area contributed by atoms with Crippen LogP contribution in [0.25, 0.3) is 22.2 Å². The number of nitrogens with one attached hydrogen (secondary N) is 1. The van der Waals surface area contributed by atoms with E-state index in [-0.39, 0.29) is 42.7 Å². The molecule has 0 atom stereocenters. The SMILES string of the molecule is CCCCNc1ncc2c(-c3ccc(S(=O)(=O)C4CCC(F)(F)CC4)cc3)cn([C@H]3CC[C@H](O)CC3)c2n1. The van der Waals surface area contributed by atoms with Gasteiger partial charge in [-0.05, 0) is 62.6 Å². The van der Waals surface area contributed by atoms with Crippen LogP contribution in [0.4, 0.5) is 14.7 Å². The van der Waals surface area contributed by atoms with Crippen LogP contribution in [0.5, 0.6) is 0 Å². The third-order valence-corrected chi connectivity index (χ3v) is 10.3. The van der Waals surface area contributed by atoms with E-state index >= 15 is 0 Å². The number of hydrogen-bond acceptors (Lipinski definition) is 6. The minimum absolute atomic E-state index is 0.0212. The van der Waals surface area contributed by atoms with Crippen LogP contribution in [-0.2, 0) is 9.84 Å². The maximum atomic E-state index is 13.6. The van der Waals surface area contributed by atoms with Crippen molar-refractivity contribution in [2.24, 2.45) is 0 Å². The summed E-state index contributed by atoms with van der Waals surface area (Å²) in [6.45, 7) is 2.92. The second kappa shape index (κ2) is 10.9. The van der Waals surface area contributed by atoms with Crippen LogP contribution >= 0.6 is 0 Å². The molecule has 2 N–H and O–H groups in total. The lowest BCUT2D eigenvalue weighted by atomic mass is 9.93. The van der Waals surface area contributed by atoms with Crippen LogP contribution < -0.4 is 5.32 Å². The average Bonchev–Trinajstić information content (AvgIpc) is 3.28. The Morgan fingerprint density at radius 3 is 2.42 bits per heavy atom. The molecule has 206 valence electrons. The van der Waals surface area contributed by atoms with Gasteiger partial charge in [0.2, 0.25) is 11.9 Å². The number of sulfone groups is 1. The van der Waals surface area contributed by atoms with Crippen molar-refractivity contribution >= 4 is 26.8 Å². The maximum absolute atomic E-state index is 13.6. The van der Waals surface area contributed by atoms with Gasteiger partial charge >= 0.3 is 0 Å². The van der Waals surface area contributed by atoms with Gasteiger partial charge in [-0.1, -0.05) is 25.5 Å². The lowest BCUT2D eigenvalue weighted by Crippen LogP contribution is -2.32. The van der Waals surface area contributed by atoms with E-state index in [0.29, 0.717) is 5.95 Å². The fraction of sp³-hybridized carbons (Fsp3) is 0.571. The molecule has 2 saturated carbocycles. The molecule has 38 heavy (non-hydrogen) atoms. The molecule has 5 rings (SSSR count). The smallest absolute Gasteiger partial charge is 0.248 e. The molecule has 0 saturated heterocycles. The summed E-state index contributed by atoms with van der Waals surface area (Å²) in [6, 6.07) is 6.93. The van der Waals surface area contributed by atoms with E-state index in [1.54, 1.807) is 24.3 Å². The highest BCUT2D eigenvalue weighted by Crippen LogP contribution is 2.39. The first-order valence-electron chi connectivity index (χ1n) is 13.7. The first-order chi connectivity index (χ1) is 18.2. The lowest BCUT2D eigenvalue weighted by molar-refractivity contribution is -0.0328. The van der Waals surface area contributed by atoms with Crippen LogP contribution in [0.1, 0.15) is 77.2 Å². The highest BCUT2D eigenvalue weighted by molar-refractivity contribution is 7.92. The van der Waals surface area contributed by atoms with Crippen molar-refractivity contribution in [2.75, 3.05) is 11.9 Å². The zero-order chi connectivity index (χ0) is 26.9. The number of rotatable bonds is 8. The van der Waals surface area contributed by atoms with Crippen molar-refractivity contribution in [3.8, 4) is 11.1 Å². The van der Waals surface area contributed by atoms with E-state index in [1.165, 1.54) is 0 Å². The second-order valence-corrected chi connectivity index (χ2v) is 13.0. The number of aromatic nitrogens is 3. The van der Waals surface area contributed by atoms with Crippen molar-refractivity contribution in [2.45, 2.75) is 99.3 Å². The van der Waals surface area contributed by atoms with Crippen molar-refractivity contribution in [3.05, 3.63) is 36.7 Å². The van der Waals surface area contributed by atoms with Crippen LogP contribution in [0.2, 0.25) is 0 Å². The normalized spacial score (nSPS) is 22.5. The number of aliphatic hydroxyl groups excluding tert-OH is 1. The molecule has 0 spiro atoms. The molecule has 2 heterocycles. The average molecular weight is 547 g/mol. The fourth-order valence-corrected chi connectivity index (χ4v) is 7.43. The van der Waals surface area contributed by atoms with Gasteiger partial charge in [-0.25, -0.2) is 22.2 Å². The molecule has 2 aliphatic carbocycles. The van der Waals surface area contributed by atoms with Gasteiger partial charge in [0, 0.05) is 48.8 Å². The van der Waals surface area contributed by atoms with E-state index in [1.807, 2.05) is 6.20 Å². The standard InChI is InChI=1S/C28H36F2N4O3S/c1-2-3-16-31-27-32-17-24-25(18-34(26(24)33-27)20-6-8-21(35)9-7-20)19-4-10-22(11-5-19)38(36,37)23-12-14-28(29,30)15-13-23/h4-5,10-11,17-18,20-21,23,35H,2-3,6-9,12-16H2,1H3,(H,31,32,33)/t20-,21-. The molecule has 0 aliphatic heterocycles. The van der Waals surface area contributed by atoms with Gasteiger partial charge in [0.15, 0.2) is 9.84 Å². The summed E-state index contributed by atoms with van der Waals surface area (Å²) < 4.78 is 55.6. The molecule has 0 bridgehead atoms. The third kappa shape index (κ3) is 5.57. The minimum Gasteiger partial charge on any atom is -0.393 e. The van der Waals surface area contributed by atoms with E-state index < -0.39 is 21.0 Å². The van der Waals surface area contributed by atoms with Crippen molar-refractivity contribution < 1.29 is 22.3 Å². The molecular formula is C28H36F2N4O3S. The second-order valence-electron chi connectivity index (χ2n) is 10.7. The number of nitrogens with zero attached hydrogens (tertiary/aromatic N) is 3. The van der Waals surface area contributed by atoms with Crippen LogP contribution in [0.15, 0.2) is 41.6 Å². The summed E-state index contributed by atoms with van der Waals surface area (Å²) in [7, 11) is -3.68. The summed E-state index contributed by atoms with van der Waals surface area (Å²) in [4.78, 5) is 9.54. The summed E-state index contributed by atoms with van der Waals surface area (Å²) in [5.41, 5.74) is 2.57. The van der Waals surface area contributed by atoms with Gasteiger partial charge in [0.05, 0.1) is 16.2 Å². The molecule has 10 heteroatoms.